The highest BCUT2D eigenvalue weighted by Gasteiger charge is 2.16. The standard InChI is InChI=1S/C9H15N5O3/c1-10-9-12-6-7(14(15)16)8(13-9)11-4-3-5-17-2/h6H,3-5H2,1-2H3,(H2,10,11,12,13). The molecule has 0 radical (unpaired) electrons. The van der Waals surface area contributed by atoms with Crippen LogP contribution in [-0.4, -0.2) is 42.2 Å². The Morgan fingerprint density at radius 3 is 2.94 bits per heavy atom. The van der Waals surface area contributed by atoms with Crippen LogP contribution >= 0.6 is 0 Å². The van der Waals surface area contributed by atoms with Crippen LogP contribution in [0.2, 0.25) is 0 Å². The molecule has 0 unspecified atom stereocenters. The number of nitro groups is 1. The predicted octanol–water partition coefficient (Wildman–Crippen LogP) is 0.875. The number of hydrogen-bond acceptors (Lipinski definition) is 7. The lowest BCUT2D eigenvalue weighted by molar-refractivity contribution is -0.384. The van der Waals surface area contributed by atoms with Crippen molar-refractivity contribution < 1.29 is 9.66 Å². The summed E-state index contributed by atoms with van der Waals surface area (Å²) < 4.78 is 4.88. The van der Waals surface area contributed by atoms with Gasteiger partial charge in [0.05, 0.1) is 4.92 Å². The number of nitrogens with one attached hydrogen (secondary N) is 2. The summed E-state index contributed by atoms with van der Waals surface area (Å²) in [6.45, 7) is 1.14. The molecule has 0 aliphatic rings. The summed E-state index contributed by atoms with van der Waals surface area (Å²) in [4.78, 5) is 18.0. The van der Waals surface area contributed by atoms with Crippen molar-refractivity contribution in [2.24, 2.45) is 0 Å². The zero-order chi connectivity index (χ0) is 12.7. The first-order valence-corrected chi connectivity index (χ1v) is 5.11. The van der Waals surface area contributed by atoms with E-state index in [1.807, 2.05) is 0 Å². The summed E-state index contributed by atoms with van der Waals surface area (Å²) in [7, 11) is 3.25. The van der Waals surface area contributed by atoms with Crippen molar-refractivity contribution in [1.82, 2.24) is 9.97 Å². The van der Waals surface area contributed by atoms with Gasteiger partial charge in [-0.25, -0.2) is 4.98 Å². The van der Waals surface area contributed by atoms with E-state index >= 15 is 0 Å². The minimum Gasteiger partial charge on any atom is -0.385 e. The van der Waals surface area contributed by atoms with Gasteiger partial charge in [-0.05, 0) is 6.42 Å². The largest absolute Gasteiger partial charge is 0.385 e. The summed E-state index contributed by atoms with van der Waals surface area (Å²) in [6, 6.07) is 0. The second kappa shape index (κ2) is 6.59. The van der Waals surface area contributed by atoms with Crippen LogP contribution in [0.25, 0.3) is 0 Å². The Labute approximate surface area is 98.6 Å². The minimum absolute atomic E-state index is 0.138. The SMILES string of the molecule is CNc1ncc([N+](=O)[O-])c(NCCCOC)n1. The maximum absolute atomic E-state index is 10.8. The number of nitrogens with zero attached hydrogens (tertiary/aromatic N) is 3. The van der Waals surface area contributed by atoms with Gasteiger partial charge in [0, 0.05) is 27.3 Å². The molecule has 8 heteroatoms. The second-order valence-corrected chi connectivity index (χ2v) is 3.21. The first kappa shape index (κ1) is 13.1. The van der Waals surface area contributed by atoms with E-state index in [2.05, 4.69) is 20.6 Å². The normalized spacial score (nSPS) is 10.0. The van der Waals surface area contributed by atoms with Gasteiger partial charge in [-0.2, -0.15) is 4.98 Å². The van der Waals surface area contributed by atoms with Gasteiger partial charge in [0.25, 0.3) is 0 Å². The molecule has 2 N–H and O–H groups in total. The fourth-order valence-electron chi connectivity index (χ4n) is 1.18. The van der Waals surface area contributed by atoms with Crippen LogP contribution in [0.3, 0.4) is 0 Å². The van der Waals surface area contributed by atoms with Crippen LogP contribution in [-0.2, 0) is 4.74 Å². The molecule has 1 aromatic rings. The van der Waals surface area contributed by atoms with Crippen molar-refractivity contribution in [1.29, 1.82) is 0 Å². The lowest BCUT2D eigenvalue weighted by Gasteiger charge is -2.06. The number of aromatic nitrogens is 2. The molecule has 1 heterocycles. The Kier molecular flexibility index (Phi) is 5.08. The van der Waals surface area contributed by atoms with E-state index in [1.54, 1.807) is 14.2 Å². The van der Waals surface area contributed by atoms with Crippen LogP contribution in [0, 0.1) is 10.1 Å². The quantitative estimate of drug-likeness (QED) is 0.415. The highest BCUT2D eigenvalue weighted by molar-refractivity contribution is 5.56. The number of hydrogen-bond donors (Lipinski definition) is 2. The highest BCUT2D eigenvalue weighted by atomic mass is 16.6. The van der Waals surface area contributed by atoms with E-state index in [9.17, 15) is 10.1 Å². The second-order valence-electron chi connectivity index (χ2n) is 3.21. The maximum atomic E-state index is 10.8. The molecule has 8 nitrogen and oxygen atoms in total. The molecule has 94 valence electrons. The lowest BCUT2D eigenvalue weighted by Crippen LogP contribution is -2.10. The Balaban J connectivity index is 2.75. The molecular formula is C9H15N5O3. The summed E-state index contributed by atoms with van der Waals surface area (Å²) >= 11 is 0. The molecule has 0 fully saturated rings. The Hall–Kier alpha value is -1.96. The third-order valence-electron chi connectivity index (χ3n) is 2.01. The molecule has 1 rings (SSSR count). The van der Waals surface area contributed by atoms with Crippen LogP contribution in [0.5, 0.6) is 0 Å². The first-order valence-electron chi connectivity index (χ1n) is 5.11. The predicted molar refractivity (Wildman–Crippen MR) is 63.2 cm³/mol. The maximum Gasteiger partial charge on any atom is 0.329 e. The average Bonchev–Trinajstić information content (AvgIpc) is 2.34. The first-order chi connectivity index (χ1) is 8.19. The van der Waals surface area contributed by atoms with Crippen molar-refractivity contribution in [3.05, 3.63) is 16.3 Å². The smallest absolute Gasteiger partial charge is 0.329 e. The van der Waals surface area contributed by atoms with Gasteiger partial charge in [-0.3, -0.25) is 10.1 Å². The molecular weight excluding hydrogens is 226 g/mol. The zero-order valence-corrected chi connectivity index (χ0v) is 9.77. The zero-order valence-electron chi connectivity index (χ0n) is 9.77. The summed E-state index contributed by atoms with van der Waals surface area (Å²) in [6.07, 6.45) is 1.92. The Morgan fingerprint density at radius 1 is 1.59 bits per heavy atom. The van der Waals surface area contributed by atoms with Crippen LogP contribution in [0.1, 0.15) is 6.42 Å². The van der Waals surface area contributed by atoms with Crippen molar-refractivity contribution in [2.45, 2.75) is 6.42 Å². The van der Waals surface area contributed by atoms with E-state index in [4.69, 9.17) is 4.74 Å². The summed E-state index contributed by atoms with van der Waals surface area (Å²) in [5.74, 6) is 0.551. The fourth-order valence-corrected chi connectivity index (χ4v) is 1.18. The van der Waals surface area contributed by atoms with Gasteiger partial charge < -0.3 is 15.4 Å². The summed E-state index contributed by atoms with van der Waals surface area (Å²) in [5.41, 5.74) is -0.138. The van der Waals surface area contributed by atoms with Crippen molar-refractivity contribution in [3.8, 4) is 0 Å². The molecule has 0 bridgehead atoms. The molecule has 0 saturated heterocycles. The minimum atomic E-state index is -0.516. The molecule has 0 aliphatic heterocycles. The van der Waals surface area contributed by atoms with Gasteiger partial charge in [0.15, 0.2) is 0 Å². The van der Waals surface area contributed by atoms with E-state index in [1.165, 1.54) is 6.20 Å². The Bertz CT molecular complexity index is 385. The lowest BCUT2D eigenvalue weighted by atomic mass is 10.4. The molecule has 0 spiro atoms. The van der Waals surface area contributed by atoms with Gasteiger partial charge >= 0.3 is 5.69 Å². The molecule has 0 saturated carbocycles. The van der Waals surface area contributed by atoms with E-state index < -0.39 is 4.92 Å². The molecule has 17 heavy (non-hydrogen) atoms. The number of rotatable bonds is 7. The topological polar surface area (TPSA) is 102 Å². The van der Waals surface area contributed by atoms with E-state index in [-0.39, 0.29) is 11.5 Å². The van der Waals surface area contributed by atoms with E-state index in [0.717, 1.165) is 6.42 Å². The van der Waals surface area contributed by atoms with Gasteiger partial charge in [-0.15, -0.1) is 0 Å². The van der Waals surface area contributed by atoms with Crippen LogP contribution in [0.4, 0.5) is 17.5 Å². The fraction of sp³-hybridized carbons (Fsp3) is 0.556. The van der Waals surface area contributed by atoms with Crippen LogP contribution in [0.15, 0.2) is 6.20 Å². The van der Waals surface area contributed by atoms with Crippen molar-refractivity contribution in [3.63, 3.8) is 0 Å². The van der Waals surface area contributed by atoms with Crippen LogP contribution < -0.4 is 10.6 Å². The third kappa shape index (κ3) is 3.83. The molecule has 0 atom stereocenters. The van der Waals surface area contributed by atoms with Gasteiger partial charge in [0.1, 0.15) is 6.20 Å². The number of anilines is 2. The van der Waals surface area contributed by atoms with Gasteiger partial charge in [0.2, 0.25) is 11.8 Å². The summed E-state index contributed by atoms with van der Waals surface area (Å²) in [5, 5.41) is 16.4. The molecule has 0 aromatic carbocycles. The molecule has 0 aliphatic carbocycles. The highest BCUT2D eigenvalue weighted by Crippen LogP contribution is 2.21. The molecule has 0 amide bonds. The number of methoxy groups -OCH3 is 1. The van der Waals surface area contributed by atoms with Crippen molar-refractivity contribution in [2.75, 3.05) is 37.9 Å². The van der Waals surface area contributed by atoms with Gasteiger partial charge in [-0.1, -0.05) is 0 Å². The molecule has 1 aromatic heterocycles. The average molecular weight is 241 g/mol. The number of ether oxygens (including phenoxy) is 1. The third-order valence-corrected chi connectivity index (χ3v) is 2.01. The Morgan fingerprint density at radius 2 is 2.35 bits per heavy atom. The van der Waals surface area contributed by atoms with Crippen molar-refractivity contribution >= 4 is 17.5 Å². The van der Waals surface area contributed by atoms with E-state index in [0.29, 0.717) is 19.1 Å². The monoisotopic (exact) mass is 241 g/mol.